The van der Waals surface area contributed by atoms with Gasteiger partial charge in [0.15, 0.2) is 0 Å². The fourth-order valence-corrected chi connectivity index (χ4v) is 5.36. The van der Waals surface area contributed by atoms with E-state index in [1.54, 1.807) is 13.8 Å². The van der Waals surface area contributed by atoms with E-state index < -0.39 is 21.7 Å². The summed E-state index contributed by atoms with van der Waals surface area (Å²) in [5.41, 5.74) is -0.332. The molecule has 0 aliphatic carbocycles. The van der Waals surface area contributed by atoms with Crippen LogP contribution < -0.4 is 5.32 Å². The average Bonchev–Trinajstić information content (AvgIpc) is 2.66. The summed E-state index contributed by atoms with van der Waals surface area (Å²) >= 11 is 0. The second kappa shape index (κ2) is 9.53. The first-order valence-corrected chi connectivity index (χ1v) is 11.7. The molecule has 6 nitrogen and oxygen atoms in total. The molecule has 0 radical (unpaired) electrons. The van der Waals surface area contributed by atoms with Gasteiger partial charge in [-0.25, -0.2) is 12.8 Å². The highest BCUT2D eigenvalue weighted by Gasteiger charge is 2.35. The molecule has 164 valence electrons. The minimum Gasteiger partial charge on any atom is -0.377 e. The zero-order valence-corrected chi connectivity index (χ0v) is 18.8. The first-order valence-electron chi connectivity index (χ1n) is 10.2. The highest BCUT2D eigenvalue weighted by molar-refractivity contribution is 7.89. The SMILES string of the molecule is CCN(CC)S(=O)(=O)c1ccc(F)c(C(=O)NCC2CCCOC2C(C)(C)C)c1. The maximum absolute atomic E-state index is 14.3. The Hall–Kier alpha value is -1.51. The zero-order chi connectivity index (χ0) is 21.8. The molecule has 1 saturated heterocycles. The molecule has 1 amide bonds. The van der Waals surface area contributed by atoms with E-state index in [2.05, 4.69) is 26.1 Å². The largest absolute Gasteiger partial charge is 0.377 e. The lowest BCUT2D eigenvalue weighted by atomic mass is 9.78. The third kappa shape index (κ3) is 5.55. The minimum atomic E-state index is -3.77. The molecule has 2 unspecified atom stereocenters. The van der Waals surface area contributed by atoms with Crippen molar-refractivity contribution in [3.05, 3.63) is 29.6 Å². The predicted molar refractivity (Wildman–Crippen MR) is 111 cm³/mol. The Morgan fingerprint density at radius 3 is 2.52 bits per heavy atom. The Balaban J connectivity index is 2.19. The van der Waals surface area contributed by atoms with E-state index >= 15 is 0 Å². The van der Waals surface area contributed by atoms with Crippen molar-refractivity contribution in [2.45, 2.75) is 58.5 Å². The van der Waals surface area contributed by atoms with Crippen LogP contribution >= 0.6 is 0 Å². The molecule has 1 aromatic rings. The van der Waals surface area contributed by atoms with Crippen LogP contribution in [0.1, 0.15) is 57.8 Å². The van der Waals surface area contributed by atoms with Crippen LogP contribution in [0.5, 0.6) is 0 Å². The summed E-state index contributed by atoms with van der Waals surface area (Å²) in [5.74, 6) is -1.23. The second-order valence-corrected chi connectivity index (χ2v) is 10.4. The van der Waals surface area contributed by atoms with E-state index in [0.29, 0.717) is 26.2 Å². The number of hydrogen-bond donors (Lipinski definition) is 1. The molecule has 2 rings (SSSR count). The number of hydrogen-bond acceptors (Lipinski definition) is 4. The molecule has 1 heterocycles. The van der Waals surface area contributed by atoms with E-state index in [9.17, 15) is 17.6 Å². The van der Waals surface area contributed by atoms with Gasteiger partial charge in [0.2, 0.25) is 10.0 Å². The Morgan fingerprint density at radius 2 is 1.93 bits per heavy atom. The van der Waals surface area contributed by atoms with Crippen molar-refractivity contribution in [3.63, 3.8) is 0 Å². The molecular weight excluding hydrogens is 395 g/mol. The average molecular weight is 429 g/mol. The van der Waals surface area contributed by atoms with Crippen LogP contribution in [0, 0.1) is 17.2 Å². The van der Waals surface area contributed by atoms with Crippen molar-refractivity contribution in [3.8, 4) is 0 Å². The number of benzene rings is 1. The van der Waals surface area contributed by atoms with Crippen molar-refractivity contribution in [1.29, 1.82) is 0 Å². The van der Waals surface area contributed by atoms with Crippen molar-refractivity contribution >= 4 is 15.9 Å². The van der Waals surface area contributed by atoms with Crippen LogP contribution in [0.15, 0.2) is 23.1 Å². The highest BCUT2D eigenvalue weighted by Crippen LogP contribution is 2.33. The smallest absolute Gasteiger partial charge is 0.254 e. The first kappa shape index (κ1) is 23.8. The van der Waals surface area contributed by atoms with Crippen LogP contribution in [0.4, 0.5) is 4.39 Å². The molecule has 29 heavy (non-hydrogen) atoms. The Bertz CT molecular complexity index is 816. The van der Waals surface area contributed by atoms with Gasteiger partial charge in [-0.15, -0.1) is 0 Å². The van der Waals surface area contributed by atoms with E-state index in [0.717, 1.165) is 25.0 Å². The number of carbonyl (C=O) groups excluding carboxylic acids is 1. The zero-order valence-electron chi connectivity index (χ0n) is 18.0. The number of carbonyl (C=O) groups is 1. The van der Waals surface area contributed by atoms with Gasteiger partial charge in [-0.1, -0.05) is 34.6 Å². The lowest BCUT2D eigenvalue weighted by Gasteiger charge is -2.40. The minimum absolute atomic E-state index is 0.00391. The molecule has 0 saturated carbocycles. The van der Waals surface area contributed by atoms with E-state index in [-0.39, 0.29) is 27.9 Å². The number of halogens is 1. The van der Waals surface area contributed by atoms with Crippen molar-refractivity contribution in [2.75, 3.05) is 26.2 Å². The second-order valence-electron chi connectivity index (χ2n) is 8.50. The summed E-state index contributed by atoms with van der Waals surface area (Å²) in [5, 5.41) is 2.78. The number of nitrogens with one attached hydrogen (secondary N) is 1. The predicted octanol–water partition coefficient (Wildman–Crippen LogP) is 3.43. The summed E-state index contributed by atoms with van der Waals surface area (Å²) < 4.78 is 46.9. The fourth-order valence-electron chi connectivity index (χ4n) is 3.88. The van der Waals surface area contributed by atoms with Gasteiger partial charge in [-0.2, -0.15) is 4.31 Å². The third-order valence-electron chi connectivity index (χ3n) is 5.35. The van der Waals surface area contributed by atoms with Gasteiger partial charge in [-0.3, -0.25) is 4.79 Å². The summed E-state index contributed by atoms with van der Waals surface area (Å²) in [6.07, 6.45) is 1.83. The molecule has 1 aliphatic rings. The number of sulfonamides is 1. The van der Waals surface area contributed by atoms with Gasteiger partial charge in [-0.05, 0) is 36.5 Å². The quantitative estimate of drug-likeness (QED) is 0.722. The first-order chi connectivity index (χ1) is 13.5. The van der Waals surface area contributed by atoms with Crippen LogP contribution in [-0.2, 0) is 14.8 Å². The van der Waals surface area contributed by atoms with Gasteiger partial charge in [0.05, 0.1) is 16.6 Å². The molecule has 8 heteroatoms. The summed E-state index contributed by atoms with van der Waals surface area (Å²) in [6.45, 7) is 11.4. The van der Waals surface area contributed by atoms with Crippen LogP contribution in [0.3, 0.4) is 0 Å². The molecule has 0 bridgehead atoms. The molecule has 0 spiro atoms. The van der Waals surface area contributed by atoms with Crippen LogP contribution in [-0.4, -0.2) is 51.0 Å². The number of ether oxygens (including phenoxy) is 1. The van der Waals surface area contributed by atoms with Gasteiger partial charge >= 0.3 is 0 Å². The molecule has 0 aromatic heterocycles. The number of rotatable bonds is 7. The van der Waals surface area contributed by atoms with E-state index in [1.165, 1.54) is 10.4 Å². The topological polar surface area (TPSA) is 75.7 Å². The van der Waals surface area contributed by atoms with Crippen LogP contribution in [0.25, 0.3) is 0 Å². The molecule has 2 atom stereocenters. The van der Waals surface area contributed by atoms with Crippen LogP contribution in [0.2, 0.25) is 0 Å². The molecule has 1 aromatic carbocycles. The normalized spacial score (nSPS) is 20.7. The summed E-state index contributed by atoms with van der Waals surface area (Å²) in [7, 11) is -3.77. The van der Waals surface area contributed by atoms with Gasteiger partial charge in [0.1, 0.15) is 5.82 Å². The summed E-state index contributed by atoms with van der Waals surface area (Å²) in [4.78, 5) is 12.6. The molecule has 1 aliphatic heterocycles. The lowest BCUT2D eigenvalue weighted by Crippen LogP contribution is -2.45. The van der Waals surface area contributed by atoms with Crippen molar-refractivity contribution in [1.82, 2.24) is 9.62 Å². The van der Waals surface area contributed by atoms with Crippen molar-refractivity contribution in [2.24, 2.45) is 11.3 Å². The maximum Gasteiger partial charge on any atom is 0.254 e. The Morgan fingerprint density at radius 1 is 1.28 bits per heavy atom. The number of amides is 1. The molecule has 1 fully saturated rings. The van der Waals surface area contributed by atoms with Gasteiger partial charge in [0.25, 0.3) is 5.91 Å². The van der Waals surface area contributed by atoms with E-state index in [4.69, 9.17) is 4.74 Å². The van der Waals surface area contributed by atoms with E-state index in [1.807, 2.05) is 0 Å². The highest BCUT2D eigenvalue weighted by atomic mass is 32.2. The third-order valence-corrected chi connectivity index (χ3v) is 7.39. The summed E-state index contributed by atoms with van der Waals surface area (Å²) in [6, 6.07) is 3.36. The van der Waals surface area contributed by atoms with Gasteiger partial charge < -0.3 is 10.1 Å². The lowest BCUT2D eigenvalue weighted by molar-refractivity contribution is -0.0839. The molecular formula is C21H33FN2O4S. The Labute approximate surface area is 173 Å². The number of nitrogens with zero attached hydrogens (tertiary/aromatic N) is 1. The van der Waals surface area contributed by atoms with Crippen molar-refractivity contribution < 1.29 is 22.3 Å². The Kier molecular flexibility index (Phi) is 7.81. The standard InChI is InChI=1S/C21H33FN2O4S/c1-6-24(7-2)29(26,27)16-10-11-18(22)17(13-16)20(25)23-14-15-9-8-12-28-19(15)21(3,4)5/h10-11,13,15,19H,6-9,12,14H2,1-5H3,(H,23,25). The maximum atomic E-state index is 14.3. The molecule has 1 N–H and O–H groups in total. The fraction of sp³-hybridized carbons (Fsp3) is 0.667. The van der Waals surface area contributed by atoms with Gasteiger partial charge in [0, 0.05) is 32.2 Å². The monoisotopic (exact) mass is 428 g/mol.